The fourth-order valence-electron chi connectivity index (χ4n) is 5.13. The Morgan fingerprint density at radius 2 is 1.78 bits per heavy atom. The smallest absolute Gasteiger partial charge is 0.401 e. The minimum Gasteiger partial charge on any atom is -0.493 e. The van der Waals surface area contributed by atoms with Crippen LogP contribution in [0.5, 0.6) is 11.5 Å². The number of ketones is 1. The topological polar surface area (TPSA) is 98.3 Å². The first kappa shape index (κ1) is 30.0. The Labute approximate surface area is 255 Å². The van der Waals surface area contributed by atoms with Gasteiger partial charge in [-0.3, -0.25) is 9.78 Å². The molecule has 0 atom stereocenters. The van der Waals surface area contributed by atoms with Crippen LogP contribution in [0.3, 0.4) is 0 Å². The summed E-state index contributed by atoms with van der Waals surface area (Å²) in [5.41, 5.74) is 0.933. The molecule has 230 valence electrons. The number of furan rings is 1. The highest BCUT2D eigenvalue weighted by Crippen LogP contribution is 2.59. The summed E-state index contributed by atoms with van der Waals surface area (Å²) in [6.07, 6.45) is -2.70. The van der Waals surface area contributed by atoms with E-state index in [0.717, 1.165) is 11.8 Å². The van der Waals surface area contributed by atoms with Crippen LogP contribution in [0.2, 0.25) is 0 Å². The van der Waals surface area contributed by atoms with Gasteiger partial charge in [0, 0.05) is 41.8 Å². The van der Waals surface area contributed by atoms with E-state index in [2.05, 4.69) is 9.97 Å². The van der Waals surface area contributed by atoms with E-state index >= 15 is 4.39 Å². The molecule has 2 heterocycles. The molecule has 0 radical (unpaired) electrons. The summed E-state index contributed by atoms with van der Waals surface area (Å²) in [4.78, 5) is 21.8. The van der Waals surface area contributed by atoms with Gasteiger partial charge in [0.1, 0.15) is 29.4 Å². The van der Waals surface area contributed by atoms with Gasteiger partial charge in [0.2, 0.25) is 0 Å². The molecule has 6 rings (SSSR count). The SMILES string of the molecule is COc1cc2nc(-c3ccc(CC(=O)CC(=N)c4coc(C5(C(F)(F)F)CC5)c4)c(F)c3)cnc2cc1OCc1ccccc1. The Morgan fingerprint density at radius 3 is 2.47 bits per heavy atom. The molecule has 45 heavy (non-hydrogen) atoms. The third-order valence-corrected chi connectivity index (χ3v) is 7.89. The first-order chi connectivity index (χ1) is 21.6. The van der Waals surface area contributed by atoms with Gasteiger partial charge in [0.25, 0.3) is 0 Å². The zero-order chi connectivity index (χ0) is 31.8. The van der Waals surface area contributed by atoms with Gasteiger partial charge in [-0.2, -0.15) is 13.2 Å². The number of rotatable bonds is 11. The van der Waals surface area contributed by atoms with Crippen molar-refractivity contribution in [3.8, 4) is 22.8 Å². The molecule has 1 fully saturated rings. The van der Waals surface area contributed by atoms with E-state index in [0.29, 0.717) is 40.4 Å². The average Bonchev–Trinajstić information content (AvgIpc) is 3.71. The number of halogens is 4. The second kappa shape index (κ2) is 11.8. The number of fused-ring (bicyclic) bond motifs is 1. The first-order valence-corrected chi connectivity index (χ1v) is 14.1. The number of carbonyl (C=O) groups is 1. The van der Waals surface area contributed by atoms with Crippen molar-refractivity contribution in [2.45, 2.75) is 43.9 Å². The van der Waals surface area contributed by atoms with Gasteiger partial charge in [0.15, 0.2) is 11.5 Å². The van der Waals surface area contributed by atoms with Gasteiger partial charge in [-0.1, -0.05) is 42.5 Å². The molecule has 0 bridgehead atoms. The summed E-state index contributed by atoms with van der Waals surface area (Å²) >= 11 is 0. The van der Waals surface area contributed by atoms with E-state index in [-0.39, 0.29) is 48.3 Å². The number of nitrogens with one attached hydrogen (secondary N) is 1. The first-order valence-electron chi connectivity index (χ1n) is 14.1. The average molecular weight is 618 g/mol. The summed E-state index contributed by atoms with van der Waals surface area (Å²) in [7, 11) is 1.52. The molecule has 7 nitrogen and oxygen atoms in total. The number of methoxy groups -OCH3 is 1. The maximum absolute atomic E-state index is 15.1. The largest absolute Gasteiger partial charge is 0.493 e. The predicted molar refractivity (Wildman–Crippen MR) is 158 cm³/mol. The minimum absolute atomic E-state index is 0.0744. The zero-order valence-electron chi connectivity index (χ0n) is 24.1. The van der Waals surface area contributed by atoms with Gasteiger partial charge in [0.05, 0.1) is 36.3 Å². The third kappa shape index (κ3) is 6.15. The molecule has 0 aliphatic heterocycles. The highest BCUT2D eigenvalue weighted by atomic mass is 19.4. The number of Topliss-reactive ketones (excluding diaryl/α,β-unsaturated/α-hetero) is 1. The van der Waals surface area contributed by atoms with Crippen molar-refractivity contribution in [3.63, 3.8) is 0 Å². The number of hydrogen-bond acceptors (Lipinski definition) is 7. The molecule has 1 aliphatic rings. The molecule has 5 aromatic rings. The van der Waals surface area contributed by atoms with Crippen molar-refractivity contribution >= 4 is 22.5 Å². The molecule has 1 saturated carbocycles. The van der Waals surface area contributed by atoms with Gasteiger partial charge < -0.3 is 19.3 Å². The van der Waals surface area contributed by atoms with Gasteiger partial charge in [-0.25, -0.2) is 9.37 Å². The lowest BCUT2D eigenvalue weighted by Crippen LogP contribution is -2.28. The van der Waals surface area contributed by atoms with Crippen LogP contribution >= 0.6 is 0 Å². The maximum Gasteiger partial charge on any atom is 0.401 e. The molecule has 0 amide bonds. The number of nitrogens with zero attached hydrogens (tertiary/aromatic N) is 2. The van der Waals surface area contributed by atoms with Crippen LogP contribution in [0.1, 0.15) is 41.7 Å². The van der Waals surface area contributed by atoms with Gasteiger partial charge >= 0.3 is 6.18 Å². The van der Waals surface area contributed by atoms with Crippen LogP contribution in [0.4, 0.5) is 17.6 Å². The van der Waals surface area contributed by atoms with Crippen molar-refractivity contribution in [2.75, 3.05) is 7.11 Å². The van der Waals surface area contributed by atoms with Crippen molar-refractivity contribution in [2.24, 2.45) is 0 Å². The lowest BCUT2D eigenvalue weighted by atomic mass is 9.98. The van der Waals surface area contributed by atoms with Crippen LogP contribution in [0, 0.1) is 11.2 Å². The van der Waals surface area contributed by atoms with Crippen LogP contribution in [0.15, 0.2) is 83.6 Å². The minimum atomic E-state index is -4.45. The normalized spacial score (nSPS) is 13.9. The van der Waals surface area contributed by atoms with E-state index in [1.165, 1.54) is 31.5 Å². The number of alkyl halides is 3. The highest BCUT2D eigenvalue weighted by molar-refractivity contribution is 6.09. The summed E-state index contributed by atoms with van der Waals surface area (Å²) in [6, 6.07) is 18.6. The Morgan fingerprint density at radius 1 is 1.02 bits per heavy atom. The predicted octanol–water partition coefficient (Wildman–Crippen LogP) is 7.78. The molecule has 11 heteroatoms. The van der Waals surface area contributed by atoms with Crippen molar-refractivity contribution in [3.05, 3.63) is 107 Å². The van der Waals surface area contributed by atoms with Crippen LogP contribution in [0.25, 0.3) is 22.3 Å². The third-order valence-electron chi connectivity index (χ3n) is 7.89. The molecule has 0 unspecified atom stereocenters. The van der Waals surface area contributed by atoms with Gasteiger partial charge in [-0.15, -0.1) is 0 Å². The lowest BCUT2D eigenvalue weighted by molar-refractivity contribution is -0.164. The summed E-state index contributed by atoms with van der Waals surface area (Å²) in [5.74, 6) is -0.381. The number of ether oxygens (including phenoxy) is 2. The molecule has 3 aromatic carbocycles. The molecule has 0 spiro atoms. The van der Waals surface area contributed by atoms with E-state index in [9.17, 15) is 18.0 Å². The Kier molecular flexibility index (Phi) is 7.86. The van der Waals surface area contributed by atoms with E-state index in [1.807, 2.05) is 30.3 Å². The zero-order valence-corrected chi connectivity index (χ0v) is 24.1. The van der Waals surface area contributed by atoms with Crippen LogP contribution in [-0.2, 0) is 23.2 Å². The molecular weight excluding hydrogens is 590 g/mol. The number of hydrogen-bond donors (Lipinski definition) is 1. The van der Waals surface area contributed by atoms with E-state index in [4.69, 9.17) is 19.3 Å². The fraction of sp³-hybridized carbons (Fsp3) is 0.235. The standard InChI is InChI=1S/C34H27F4N3O4/c1-43-30-16-28-27(15-31(30)44-18-20-5-3-2-4-6-20)40-17-29(41-28)22-8-7-21(25(35)12-22)11-24(42)14-26(39)23-13-32(45-19-23)33(9-10-33)34(36,37)38/h2-8,12-13,15-17,19,39H,9-11,14,18H2,1H3. The van der Waals surface area contributed by atoms with Crippen LogP contribution in [-0.4, -0.2) is 34.7 Å². The number of carbonyl (C=O) groups excluding carboxylic acids is 1. The molecule has 0 saturated heterocycles. The van der Waals surface area contributed by atoms with Crippen molar-refractivity contribution < 1.29 is 36.2 Å². The molecule has 2 aromatic heterocycles. The fourth-order valence-corrected chi connectivity index (χ4v) is 5.13. The number of aromatic nitrogens is 2. The summed E-state index contributed by atoms with van der Waals surface area (Å²) in [6.45, 7) is 0.344. The highest BCUT2D eigenvalue weighted by Gasteiger charge is 2.66. The maximum atomic E-state index is 15.1. The summed E-state index contributed by atoms with van der Waals surface area (Å²) in [5, 5.41) is 8.20. The Bertz CT molecular complexity index is 1900. The summed E-state index contributed by atoms with van der Waals surface area (Å²) < 4.78 is 71.8. The quantitative estimate of drug-likeness (QED) is 0.120. The second-order valence-electron chi connectivity index (χ2n) is 11.0. The van der Waals surface area contributed by atoms with Gasteiger partial charge in [-0.05, 0) is 36.1 Å². The molecular formula is C34H27F4N3O4. The second-order valence-corrected chi connectivity index (χ2v) is 11.0. The molecule has 1 aliphatic carbocycles. The lowest BCUT2D eigenvalue weighted by Gasteiger charge is -2.15. The van der Waals surface area contributed by atoms with Crippen molar-refractivity contribution in [1.29, 1.82) is 5.41 Å². The number of benzene rings is 3. The molecule has 1 N–H and O–H groups in total. The van der Waals surface area contributed by atoms with Crippen LogP contribution < -0.4 is 9.47 Å². The van der Waals surface area contributed by atoms with Crippen molar-refractivity contribution in [1.82, 2.24) is 9.97 Å². The van der Waals surface area contributed by atoms with E-state index in [1.54, 1.807) is 18.2 Å². The Balaban J connectivity index is 1.12. The monoisotopic (exact) mass is 617 g/mol. The van der Waals surface area contributed by atoms with E-state index < -0.39 is 23.2 Å². The Hall–Kier alpha value is -5.06.